The highest BCUT2D eigenvalue weighted by Crippen LogP contribution is 2.12. The Kier molecular flexibility index (Phi) is 10.4. The van der Waals surface area contributed by atoms with Crippen LogP contribution in [0.2, 0.25) is 0 Å². The minimum Gasteiger partial charge on any atom is -0.357 e. The van der Waals surface area contributed by atoms with Gasteiger partial charge in [0.2, 0.25) is 5.91 Å². The first-order chi connectivity index (χ1) is 14.6. The molecule has 8 nitrogen and oxygen atoms in total. The molecule has 1 amide bonds. The quantitative estimate of drug-likeness (QED) is 0.215. The van der Waals surface area contributed by atoms with Crippen LogP contribution in [0.5, 0.6) is 0 Å². The Morgan fingerprint density at radius 3 is 2.84 bits per heavy atom. The number of anilines is 1. The van der Waals surface area contributed by atoms with Crippen LogP contribution < -0.4 is 16.0 Å². The van der Waals surface area contributed by atoms with Crippen molar-refractivity contribution in [1.82, 2.24) is 25.4 Å². The van der Waals surface area contributed by atoms with Crippen molar-refractivity contribution in [3.8, 4) is 0 Å². The van der Waals surface area contributed by atoms with Crippen LogP contribution in [0.15, 0.2) is 53.1 Å². The maximum absolute atomic E-state index is 12.2. The lowest BCUT2D eigenvalue weighted by Crippen LogP contribution is -2.38. The van der Waals surface area contributed by atoms with E-state index in [0.29, 0.717) is 6.54 Å². The van der Waals surface area contributed by atoms with Gasteiger partial charge in [-0.25, -0.2) is 9.98 Å². The first-order valence-corrected chi connectivity index (χ1v) is 10.8. The third-order valence-electron chi connectivity index (χ3n) is 4.18. The van der Waals surface area contributed by atoms with Crippen LogP contribution in [0.3, 0.4) is 0 Å². The molecule has 0 aliphatic heterocycles. The molecule has 2 aromatic heterocycles. The highest BCUT2D eigenvalue weighted by molar-refractivity contribution is 14.0. The van der Waals surface area contributed by atoms with E-state index >= 15 is 0 Å². The van der Waals surface area contributed by atoms with Gasteiger partial charge in [-0.05, 0) is 37.6 Å². The summed E-state index contributed by atoms with van der Waals surface area (Å²) in [6, 6.07) is 9.51. The second-order valence-electron chi connectivity index (χ2n) is 6.68. The lowest BCUT2D eigenvalue weighted by Gasteiger charge is -2.11. The van der Waals surface area contributed by atoms with Crippen molar-refractivity contribution in [3.63, 3.8) is 0 Å². The van der Waals surface area contributed by atoms with Crippen LogP contribution in [0.4, 0.5) is 5.69 Å². The molecule has 0 spiro atoms. The van der Waals surface area contributed by atoms with E-state index in [1.54, 1.807) is 34.5 Å². The van der Waals surface area contributed by atoms with Gasteiger partial charge in [-0.15, -0.1) is 35.3 Å². The Labute approximate surface area is 203 Å². The van der Waals surface area contributed by atoms with Crippen LogP contribution in [0.1, 0.15) is 23.2 Å². The maximum atomic E-state index is 12.2. The van der Waals surface area contributed by atoms with Gasteiger partial charge in [-0.3, -0.25) is 9.48 Å². The summed E-state index contributed by atoms with van der Waals surface area (Å²) in [6.07, 6.45) is 4.27. The molecule has 0 bridgehead atoms. The molecule has 0 unspecified atom stereocenters. The summed E-state index contributed by atoms with van der Waals surface area (Å²) in [5.41, 5.74) is 2.86. The van der Waals surface area contributed by atoms with E-state index in [0.717, 1.165) is 47.4 Å². The molecule has 0 saturated carbocycles. The van der Waals surface area contributed by atoms with Crippen molar-refractivity contribution in [2.24, 2.45) is 4.99 Å². The average molecular weight is 553 g/mol. The molecule has 0 aliphatic rings. The third-order valence-corrected chi connectivity index (χ3v) is 5.00. The fourth-order valence-electron chi connectivity index (χ4n) is 2.83. The number of hydrogen-bond acceptors (Lipinski definition) is 5. The zero-order valence-electron chi connectivity index (χ0n) is 17.7. The molecular weight excluding hydrogens is 525 g/mol. The molecule has 0 fully saturated rings. The Hall–Kier alpha value is -2.47. The standard InChI is InChI=1S/C21H27N7OS.HI/c1-3-22-21(23-10-8-19-15-30-16(2)26-19)24-13-17-6-4-7-18(12-17)27-20(29)14-28-11-5-9-25-28;/h4-7,9,11-12,15H,3,8,10,13-14H2,1-2H3,(H,27,29)(H2,22,23,24);1H. The van der Waals surface area contributed by atoms with Crippen LogP contribution in [0.25, 0.3) is 0 Å². The fourth-order valence-corrected chi connectivity index (χ4v) is 3.48. The smallest absolute Gasteiger partial charge is 0.246 e. The first kappa shape index (κ1) is 24.8. The normalized spacial score (nSPS) is 11.0. The third kappa shape index (κ3) is 8.66. The molecule has 31 heavy (non-hydrogen) atoms. The predicted molar refractivity (Wildman–Crippen MR) is 136 cm³/mol. The van der Waals surface area contributed by atoms with E-state index in [4.69, 9.17) is 0 Å². The minimum absolute atomic E-state index is 0. The summed E-state index contributed by atoms with van der Waals surface area (Å²) in [5.74, 6) is 0.643. The van der Waals surface area contributed by atoms with Gasteiger partial charge in [0.05, 0.1) is 17.2 Å². The molecule has 3 aromatic rings. The summed E-state index contributed by atoms with van der Waals surface area (Å²) in [7, 11) is 0. The largest absolute Gasteiger partial charge is 0.357 e. The Morgan fingerprint density at radius 2 is 2.13 bits per heavy atom. The summed E-state index contributed by atoms with van der Waals surface area (Å²) in [4.78, 5) is 21.3. The molecule has 10 heteroatoms. The lowest BCUT2D eigenvalue weighted by molar-refractivity contribution is -0.116. The molecule has 3 N–H and O–H groups in total. The topological polar surface area (TPSA) is 96.2 Å². The second-order valence-corrected chi connectivity index (χ2v) is 7.74. The lowest BCUT2D eigenvalue weighted by atomic mass is 10.2. The van der Waals surface area contributed by atoms with Gasteiger partial charge in [-0.2, -0.15) is 5.10 Å². The highest BCUT2D eigenvalue weighted by Gasteiger charge is 2.05. The fraction of sp³-hybridized carbons (Fsp3) is 0.333. The number of halogens is 1. The monoisotopic (exact) mass is 553 g/mol. The number of thiazole rings is 1. The number of aromatic nitrogens is 3. The van der Waals surface area contributed by atoms with Gasteiger partial charge in [0.15, 0.2) is 5.96 Å². The number of benzene rings is 1. The molecule has 166 valence electrons. The molecule has 0 atom stereocenters. The van der Waals surface area contributed by atoms with E-state index < -0.39 is 0 Å². The van der Waals surface area contributed by atoms with Gasteiger partial charge in [0.1, 0.15) is 6.54 Å². The van der Waals surface area contributed by atoms with Crippen LogP contribution >= 0.6 is 35.3 Å². The van der Waals surface area contributed by atoms with Crippen molar-refractivity contribution in [1.29, 1.82) is 0 Å². The number of aliphatic imine (C=N–C) groups is 1. The first-order valence-electron chi connectivity index (χ1n) is 9.92. The minimum atomic E-state index is -0.119. The van der Waals surface area contributed by atoms with Crippen LogP contribution in [-0.2, 0) is 24.3 Å². The zero-order chi connectivity index (χ0) is 21.2. The van der Waals surface area contributed by atoms with Gasteiger partial charge in [-0.1, -0.05) is 12.1 Å². The molecule has 1 aromatic carbocycles. The Balaban J connectivity index is 0.00000341. The van der Waals surface area contributed by atoms with Crippen molar-refractivity contribution < 1.29 is 4.79 Å². The molecule has 0 saturated heterocycles. The van der Waals surface area contributed by atoms with Crippen molar-refractivity contribution in [2.75, 3.05) is 18.4 Å². The molecule has 2 heterocycles. The van der Waals surface area contributed by atoms with Crippen molar-refractivity contribution in [2.45, 2.75) is 33.4 Å². The van der Waals surface area contributed by atoms with E-state index in [1.807, 2.05) is 38.1 Å². The van der Waals surface area contributed by atoms with Crippen molar-refractivity contribution >= 4 is 52.9 Å². The SMILES string of the molecule is CCNC(=NCc1cccc(NC(=O)Cn2cccn2)c1)NCCc1csc(C)n1.I. The van der Waals surface area contributed by atoms with Gasteiger partial charge >= 0.3 is 0 Å². The van der Waals surface area contributed by atoms with E-state index in [1.165, 1.54) is 0 Å². The van der Waals surface area contributed by atoms with Crippen LogP contribution in [0, 0.1) is 6.92 Å². The van der Waals surface area contributed by atoms with E-state index in [9.17, 15) is 4.79 Å². The number of guanidine groups is 1. The summed E-state index contributed by atoms with van der Waals surface area (Å²) < 4.78 is 1.59. The highest BCUT2D eigenvalue weighted by atomic mass is 127. The number of carbonyl (C=O) groups excluding carboxylic acids is 1. The number of hydrogen-bond donors (Lipinski definition) is 3. The van der Waals surface area contributed by atoms with Crippen LogP contribution in [-0.4, -0.2) is 39.7 Å². The maximum Gasteiger partial charge on any atom is 0.246 e. The Bertz CT molecular complexity index is 972. The number of nitrogens with zero attached hydrogens (tertiary/aromatic N) is 4. The number of nitrogens with one attached hydrogen (secondary N) is 3. The van der Waals surface area contributed by atoms with Gasteiger partial charge in [0, 0.05) is 43.0 Å². The second kappa shape index (κ2) is 13.1. The van der Waals surface area contributed by atoms with Gasteiger partial charge in [0.25, 0.3) is 0 Å². The van der Waals surface area contributed by atoms with Crippen molar-refractivity contribution in [3.05, 3.63) is 64.4 Å². The zero-order valence-corrected chi connectivity index (χ0v) is 20.8. The number of aryl methyl sites for hydroxylation is 1. The summed E-state index contributed by atoms with van der Waals surface area (Å²) >= 11 is 1.67. The number of carbonyl (C=O) groups is 1. The molecular formula is C21H28IN7OS. The average Bonchev–Trinajstić information content (AvgIpc) is 3.38. The summed E-state index contributed by atoms with van der Waals surface area (Å²) in [5, 5.41) is 16.7. The number of rotatable bonds is 9. The summed E-state index contributed by atoms with van der Waals surface area (Å²) in [6.45, 7) is 6.29. The Morgan fingerprint density at radius 1 is 1.26 bits per heavy atom. The predicted octanol–water partition coefficient (Wildman–Crippen LogP) is 3.20. The number of amides is 1. The molecule has 0 radical (unpaired) electrons. The van der Waals surface area contributed by atoms with E-state index in [2.05, 4.69) is 36.4 Å². The van der Waals surface area contributed by atoms with Gasteiger partial charge < -0.3 is 16.0 Å². The van der Waals surface area contributed by atoms with E-state index in [-0.39, 0.29) is 36.4 Å². The molecule has 0 aliphatic carbocycles. The molecule has 3 rings (SSSR count).